The van der Waals surface area contributed by atoms with Gasteiger partial charge in [-0.15, -0.1) is 6.58 Å². The highest BCUT2D eigenvalue weighted by molar-refractivity contribution is 5.79. The topological polar surface area (TPSA) is 46.5 Å². The summed E-state index contributed by atoms with van der Waals surface area (Å²) in [5.74, 6) is 1.77. The second-order valence-electron chi connectivity index (χ2n) is 13.0. The molecular formula is C33H46O3. The summed E-state index contributed by atoms with van der Waals surface area (Å²) >= 11 is 0. The first kappa shape index (κ1) is 25.9. The lowest BCUT2D eigenvalue weighted by atomic mass is 9.45. The number of fused-ring (bicyclic) bond motifs is 5. The molecule has 0 spiro atoms. The highest BCUT2D eigenvalue weighted by Gasteiger charge is 2.62. The molecule has 0 saturated heterocycles. The summed E-state index contributed by atoms with van der Waals surface area (Å²) in [7, 11) is 0. The lowest BCUT2D eigenvalue weighted by Crippen LogP contribution is -2.55. The van der Waals surface area contributed by atoms with Crippen LogP contribution in [-0.2, 0) is 22.6 Å². The summed E-state index contributed by atoms with van der Waals surface area (Å²) in [5.41, 5.74) is 4.08. The highest BCUT2D eigenvalue weighted by atomic mass is 16.6. The van der Waals surface area contributed by atoms with Crippen LogP contribution in [0.2, 0.25) is 0 Å². The third-order valence-corrected chi connectivity index (χ3v) is 11.2. The Labute approximate surface area is 218 Å². The zero-order valence-electron chi connectivity index (χ0n) is 22.9. The molecule has 3 saturated carbocycles. The molecule has 5 rings (SSSR count). The Kier molecular flexibility index (Phi) is 6.88. The van der Waals surface area contributed by atoms with E-state index in [4.69, 9.17) is 4.74 Å². The molecule has 1 aromatic rings. The van der Waals surface area contributed by atoms with Crippen LogP contribution < -0.4 is 0 Å². The number of carbonyl (C=O) groups is 1. The predicted octanol–water partition coefficient (Wildman–Crippen LogP) is 7.42. The van der Waals surface area contributed by atoms with Crippen molar-refractivity contribution in [2.45, 2.75) is 97.9 Å². The maximum Gasteiger partial charge on any atom is 0.169 e. The first-order valence-corrected chi connectivity index (χ1v) is 14.4. The standard InChI is InChI=1S/C33H46O3/c1-6-8-25-19-26-20-33(35,36-21-24-11-9-23(7-2)10-12-24)18-17-31(26,4)29-15-16-32(5)27(22(3)34)13-14-28(32)30(25)29/h6,9-12,19,25,27-30,35H,1,7-8,13-18,20-21H2,2-5H3. The van der Waals surface area contributed by atoms with Gasteiger partial charge in [0.25, 0.3) is 0 Å². The van der Waals surface area contributed by atoms with E-state index in [1.807, 2.05) is 6.92 Å². The number of aryl methyl sites for hydroxylation is 1. The first-order chi connectivity index (χ1) is 17.1. The summed E-state index contributed by atoms with van der Waals surface area (Å²) in [6.45, 7) is 13.4. The fourth-order valence-electron chi connectivity index (χ4n) is 9.08. The fraction of sp³-hybridized carbons (Fsp3) is 0.667. The van der Waals surface area contributed by atoms with Gasteiger partial charge in [0, 0.05) is 18.8 Å². The molecule has 0 aromatic heterocycles. The lowest BCUT2D eigenvalue weighted by Gasteiger charge is -2.60. The first-order valence-electron chi connectivity index (χ1n) is 14.4. The number of aliphatic hydroxyl groups is 1. The molecule has 0 amide bonds. The van der Waals surface area contributed by atoms with Gasteiger partial charge < -0.3 is 9.84 Å². The Morgan fingerprint density at radius 3 is 2.47 bits per heavy atom. The van der Waals surface area contributed by atoms with Crippen molar-refractivity contribution in [2.75, 3.05) is 0 Å². The van der Waals surface area contributed by atoms with Crippen LogP contribution in [0.4, 0.5) is 0 Å². The number of carbonyl (C=O) groups excluding carboxylic acids is 1. The Morgan fingerprint density at radius 2 is 1.81 bits per heavy atom. The Morgan fingerprint density at radius 1 is 1.08 bits per heavy atom. The van der Waals surface area contributed by atoms with Crippen molar-refractivity contribution in [3.05, 3.63) is 59.7 Å². The molecule has 1 N–H and O–H groups in total. The van der Waals surface area contributed by atoms with Crippen LogP contribution in [0.15, 0.2) is 48.6 Å². The van der Waals surface area contributed by atoms with Crippen molar-refractivity contribution in [1.82, 2.24) is 0 Å². The largest absolute Gasteiger partial charge is 0.365 e. The van der Waals surface area contributed by atoms with E-state index in [1.54, 1.807) is 0 Å². The Balaban J connectivity index is 1.39. The third-order valence-electron chi connectivity index (χ3n) is 11.2. The number of ether oxygens (including phenoxy) is 1. The van der Waals surface area contributed by atoms with Crippen molar-refractivity contribution in [3.63, 3.8) is 0 Å². The van der Waals surface area contributed by atoms with Gasteiger partial charge in [-0.3, -0.25) is 4.79 Å². The molecule has 8 atom stereocenters. The number of benzene rings is 1. The maximum absolute atomic E-state index is 12.6. The van der Waals surface area contributed by atoms with E-state index in [0.29, 0.717) is 48.9 Å². The summed E-state index contributed by atoms with van der Waals surface area (Å²) < 4.78 is 6.24. The zero-order valence-corrected chi connectivity index (χ0v) is 22.9. The normalized spacial score (nSPS) is 41.6. The molecule has 4 aliphatic rings. The molecule has 1 aromatic carbocycles. The minimum atomic E-state index is -1.10. The smallest absolute Gasteiger partial charge is 0.169 e. The van der Waals surface area contributed by atoms with Crippen LogP contribution in [0.3, 0.4) is 0 Å². The van der Waals surface area contributed by atoms with Crippen molar-refractivity contribution in [3.8, 4) is 0 Å². The van der Waals surface area contributed by atoms with Gasteiger partial charge in [0.2, 0.25) is 0 Å². The van der Waals surface area contributed by atoms with Crippen LogP contribution in [0.1, 0.15) is 90.2 Å². The van der Waals surface area contributed by atoms with E-state index in [1.165, 1.54) is 24.0 Å². The molecule has 36 heavy (non-hydrogen) atoms. The highest BCUT2D eigenvalue weighted by Crippen LogP contribution is 2.68. The second-order valence-corrected chi connectivity index (χ2v) is 13.0. The van der Waals surface area contributed by atoms with E-state index in [9.17, 15) is 9.90 Å². The third kappa shape index (κ3) is 4.25. The average molecular weight is 491 g/mol. The monoisotopic (exact) mass is 490 g/mol. The van der Waals surface area contributed by atoms with Gasteiger partial charge in [0.1, 0.15) is 5.78 Å². The van der Waals surface area contributed by atoms with Crippen molar-refractivity contribution in [1.29, 1.82) is 0 Å². The molecule has 0 aliphatic heterocycles. The summed E-state index contributed by atoms with van der Waals surface area (Å²) in [6, 6.07) is 8.55. The fourth-order valence-corrected chi connectivity index (χ4v) is 9.08. The van der Waals surface area contributed by atoms with Crippen molar-refractivity contribution >= 4 is 5.78 Å². The molecule has 0 radical (unpaired) electrons. The van der Waals surface area contributed by atoms with E-state index in [2.05, 4.69) is 63.8 Å². The van der Waals surface area contributed by atoms with Gasteiger partial charge in [-0.25, -0.2) is 0 Å². The molecule has 4 aliphatic carbocycles. The van der Waals surface area contributed by atoms with Gasteiger partial charge in [-0.1, -0.05) is 62.8 Å². The SMILES string of the molecule is C=CCC1C=C2CC(O)(OCc3ccc(CC)cc3)CCC2(C)C2CCC3(C)C(C(C)=O)CCC3C12. The van der Waals surface area contributed by atoms with Gasteiger partial charge in [0.15, 0.2) is 5.79 Å². The average Bonchev–Trinajstić information content (AvgIpc) is 3.22. The maximum atomic E-state index is 12.6. The zero-order chi connectivity index (χ0) is 25.7. The number of Topliss-reactive ketones (excluding diaryl/α,β-unsaturated/α-hetero) is 1. The summed E-state index contributed by atoms with van der Waals surface area (Å²) in [6.07, 6.45) is 13.4. The van der Waals surface area contributed by atoms with E-state index >= 15 is 0 Å². The van der Waals surface area contributed by atoms with Crippen LogP contribution in [0.5, 0.6) is 0 Å². The van der Waals surface area contributed by atoms with Crippen LogP contribution in [0.25, 0.3) is 0 Å². The molecule has 0 bridgehead atoms. The molecule has 3 nitrogen and oxygen atoms in total. The van der Waals surface area contributed by atoms with Crippen LogP contribution in [0, 0.1) is 40.4 Å². The van der Waals surface area contributed by atoms with Crippen LogP contribution >= 0.6 is 0 Å². The minimum absolute atomic E-state index is 0.107. The van der Waals surface area contributed by atoms with E-state index in [0.717, 1.165) is 37.7 Å². The van der Waals surface area contributed by atoms with Gasteiger partial charge in [0.05, 0.1) is 6.61 Å². The molecular weight excluding hydrogens is 444 g/mol. The summed E-state index contributed by atoms with van der Waals surface area (Å²) in [5, 5.41) is 11.6. The molecule has 0 heterocycles. The van der Waals surface area contributed by atoms with Gasteiger partial charge >= 0.3 is 0 Å². The number of hydrogen-bond acceptors (Lipinski definition) is 3. The van der Waals surface area contributed by atoms with Crippen LogP contribution in [-0.4, -0.2) is 16.7 Å². The van der Waals surface area contributed by atoms with E-state index < -0.39 is 5.79 Å². The summed E-state index contributed by atoms with van der Waals surface area (Å²) in [4.78, 5) is 12.6. The molecule has 3 fully saturated rings. The quantitative estimate of drug-likeness (QED) is 0.319. The molecule has 196 valence electrons. The lowest BCUT2D eigenvalue weighted by molar-refractivity contribution is -0.232. The number of allylic oxidation sites excluding steroid dienone is 2. The van der Waals surface area contributed by atoms with Crippen molar-refractivity contribution < 1.29 is 14.6 Å². The number of ketones is 1. The number of hydrogen-bond donors (Lipinski definition) is 1. The van der Waals surface area contributed by atoms with Gasteiger partial charge in [-0.2, -0.15) is 0 Å². The number of rotatable bonds is 7. The Bertz CT molecular complexity index is 1020. The van der Waals surface area contributed by atoms with E-state index in [-0.39, 0.29) is 16.7 Å². The van der Waals surface area contributed by atoms with Crippen molar-refractivity contribution in [2.24, 2.45) is 40.4 Å². The minimum Gasteiger partial charge on any atom is -0.365 e. The Hall–Kier alpha value is -1.71. The second kappa shape index (κ2) is 9.55. The molecule has 3 heteroatoms. The predicted molar refractivity (Wildman–Crippen MR) is 145 cm³/mol. The molecule has 8 unspecified atom stereocenters. The van der Waals surface area contributed by atoms with Gasteiger partial charge in [-0.05, 0) is 97.5 Å².